The highest BCUT2D eigenvalue weighted by Gasteiger charge is 2.15. The molecular formula is C21H26N4O4. The van der Waals surface area contributed by atoms with Crippen molar-refractivity contribution in [2.45, 2.75) is 6.92 Å². The van der Waals surface area contributed by atoms with Gasteiger partial charge in [-0.05, 0) is 31.2 Å². The molecule has 154 valence electrons. The molecule has 1 aromatic heterocycles. The molecule has 1 aliphatic heterocycles. The average molecular weight is 398 g/mol. The lowest BCUT2D eigenvalue weighted by atomic mass is 10.1. The number of ether oxygens (including phenoxy) is 2. The summed E-state index contributed by atoms with van der Waals surface area (Å²) in [5.41, 5.74) is 1.13. The largest absolute Gasteiger partial charge is 0.462 e. The molecule has 2 aromatic rings. The van der Waals surface area contributed by atoms with Crippen LogP contribution in [0, 0.1) is 0 Å². The van der Waals surface area contributed by atoms with Gasteiger partial charge in [-0.3, -0.25) is 9.69 Å². The van der Waals surface area contributed by atoms with Gasteiger partial charge in [-0.25, -0.2) is 9.78 Å². The Balaban J connectivity index is 1.54. The highest BCUT2D eigenvalue weighted by Crippen LogP contribution is 2.17. The van der Waals surface area contributed by atoms with Crippen molar-refractivity contribution in [1.29, 1.82) is 0 Å². The minimum absolute atomic E-state index is 0.269. The maximum Gasteiger partial charge on any atom is 0.340 e. The number of amides is 1. The highest BCUT2D eigenvalue weighted by molar-refractivity contribution is 6.07. The predicted octanol–water partition coefficient (Wildman–Crippen LogP) is 2.25. The normalized spacial score (nSPS) is 14.2. The van der Waals surface area contributed by atoms with Crippen LogP contribution < -0.4 is 10.6 Å². The van der Waals surface area contributed by atoms with E-state index in [1.165, 1.54) is 6.20 Å². The number of anilines is 2. The molecule has 0 radical (unpaired) electrons. The third kappa shape index (κ3) is 6.00. The molecule has 0 unspecified atom stereocenters. The molecule has 0 saturated carbocycles. The maximum atomic E-state index is 12.5. The number of aromatic nitrogens is 1. The molecule has 2 heterocycles. The van der Waals surface area contributed by atoms with Crippen LogP contribution in [0.15, 0.2) is 42.6 Å². The summed E-state index contributed by atoms with van der Waals surface area (Å²) in [7, 11) is 0. The summed E-state index contributed by atoms with van der Waals surface area (Å²) < 4.78 is 10.4. The zero-order valence-electron chi connectivity index (χ0n) is 16.5. The number of hydrogen-bond donors (Lipinski definition) is 2. The number of benzene rings is 1. The fraction of sp³-hybridized carbons (Fsp3) is 0.381. The van der Waals surface area contributed by atoms with E-state index < -0.39 is 5.97 Å². The average Bonchev–Trinajstić information content (AvgIpc) is 2.75. The lowest BCUT2D eigenvalue weighted by molar-refractivity contribution is 0.0398. The van der Waals surface area contributed by atoms with Crippen LogP contribution in [0.4, 0.5) is 11.5 Å². The molecule has 1 aromatic carbocycles. The SMILES string of the molecule is CCOC(=O)c1ccccc1NC(=O)c1ccc(NCCN2CCOCC2)nc1. The van der Waals surface area contributed by atoms with Crippen LogP contribution in [0.25, 0.3) is 0 Å². The van der Waals surface area contributed by atoms with Gasteiger partial charge < -0.3 is 20.1 Å². The zero-order valence-corrected chi connectivity index (χ0v) is 16.5. The van der Waals surface area contributed by atoms with Gasteiger partial charge in [0.2, 0.25) is 0 Å². The smallest absolute Gasteiger partial charge is 0.340 e. The van der Waals surface area contributed by atoms with Gasteiger partial charge in [0.05, 0.1) is 36.6 Å². The Labute approximate surface area is 170 Å². The molecule has 1 fully saturated rings. The van der Waals surface area contributed by atoms with Crippen molar-refractivity contribution < 1.29 is 19.1 Å². The minimum Gasteiger partial charge on any atom is -0.462 e. The molecule has 3 rings (SSSR count). The van der Waals surface area contributed by atoms with Gasteiger partial charge in [0.15, 0.2) is 0 Å². The van der Waals surface area contributed by atoms with Crippen molar-refractivity contribution in [2.75, 3.05) is 56.6 Å². The van der Waals surface area contributed by atoms with Gasteiger partial charge in [-0.1, -0.05) is 12.1 Å². The molecule has 1 saturated heterocycles. The van der Waals surface area contributed by atoms with E-state index in [0.29, 0.717) is 22.6 Å². The molecule has 2 N–H and O–H groups in total. The Morgan fingerprint density at radius 2 is 1.97 bits per heavy atom. The topological polar surface area (TPSA) is 92.8 Å². The van der Waals surface area contributed by atoms with Crippen LogP contribution in [-0.2, 0) is 9.47 Å². The summed E-state index contributed by atoms with van der Waals surface area (Å²) >= 11 is 0. The summed E-state index contributed by atoms with van der Waals surface area (Å²) in [4.78, 5) is 31.2. The Hall–Kier alpha value is -2.97. The van der Waals surface area contributed by atoms with E-state index in [-0.39, 0.29) is 12.5 Å². The second-order valence-corrected chi connectivity index (χ2v) is 6.53. The summed E-state index contributed by atoms with van der Waals surface area (Å²) in [6.45, 7) is 7.14. The highest BCUT2D eigenvalue weighted by atomic mass is 16.5. The van der Waals surface area contributed by atoms with E-state index in [1.807, 2.05) is 0 Å². The Kier molecular flexibility index (Phi) is 7.54. The number of para-hydroxylation sites is 1. The number of carbonyl (C=O) groups is 2. The summed E-state index contributed by atoms with van der Waals surface area (Å²) in [5, 5.41) is 6.01. The Bertz CT molecular complexity index is 820. The van der Waals surface area contributed by atoms with E-state index in [0.717, 1.165) is 39.4 Å². The molecule has 0 bridgehead atoms. The molecule has 29 heavy (non-hydrogen) atoms. The van der Waals surface area contributed by atoms with Crippen LogP contribution in [0.1, 0.15) is 27.6 Å². The Morgan fingerprint density at radius 3 is 2.69 bits per heavy atom. The second-order valence-electron chi connectivity index (χ2n) is 6.53. The maximum absolute atomic E-state index is 12.5. The summed E-state index contributed by atoms with van der Waals surface area (Å²) in [5.74, 6) is -0.0998. The minimum atomic E-state index is -0.471. The van der Waals surface area contributed by atoms with Crippen LogP contribution in [0.3, 0.4) is 0 Å². The first-order chi connectivity index (χ1) is 14.2. The van der Waals surface area contributed by atoms with Crippen molar-refractivity contribution in [3.05, 3.63) is 53.7 Å². The number of nitrogens with one attached hydrogen (secondary N) is 2. The van der Waals surface area contributed by atoms with Gasteiger partial charge >= 0.3 is 5.97 Å². The number of pyridine rings is 1. The molecule has 1 aliphatic rings. The van der Waals surface area contributed by atoms with Crippen molar-refractivity contribution in [1.82, 2.24) is 9.88 Å². The number of hydrogen-bond acceptors (Lipinski definition) is 7. The van der Waals surface area contributed by atoms with Crippen molar-refractivity contribution in [3.63, 3.8) is 0 Å². The predicted molar refractivity (Wildman–Crippen MR) is 110 cm³/mol. The van der Waals surface area contributed by atoms with E-state index in [1.54, 1.807) is 43.3 Å². The van der Waals surface area contributed by atoms with E-state index >= 15 is 0 Å². The first kappa shape index (κ1) is 20.8. The third-order valence-corrected chi connectivity index (χ3v) is 4.53. The number of nitrogens with zero attached hydrogens (tertiary/aromatic N) is 2. The molecule has 8 heteroatoms. The first-order valence-electron chi connectivity index (χ1n) is 9.75. The van der Waals surface area contributed by atoms with Crippen molar-refractivity contribution in [3.8, 4) is 0 Å². The molecule has 0 spiro atoms. The fourth-order valence-corrected chi connectivity index (χ4v) is 2.97. The van der Waals surface area contributed by atoms with Gasteiger partial charge in [-0.2, -0.15) is 0 Å². The quantitative estimate of drug-likeness (QED) is 0.659. The van der Waals surface area contributed by atoms with Gasteiger partial charge in [0.25, 0.3) is 5.91 Å². The van der Waals surface area contributed by atoms with E-state index in [9.17, 15) is 9.59 Å². The molecule has 8 nitrogen and oxygen atoms in total. The van der Waals surface area contributed by atoms with Crippen LogP contribution in [-0.4, -0.2) is 67.8 Å². The zero-order chi connectivity index (χ0) is 20.5. The Morgan fingerprint density at radius 1 is 1.17 bits per heavy atom. The second kappa shape index (κ2) is 10.5. The number of carbonyl (C=O) groups excluding carboxylic acids is 2. The van der Waals surface area contributed by atoms with Crippen LogP contribution in [0.2, 0.25) is 0 Å². The number of rotatable bonds is 8. The molecular weight excluding hydrogens is 372 g/mol. The standard InChI is InChI=1S/C21H26N4O4/c1-2-29-21(27)17-5-3-4-6-18(17)24-20(26)16-7-8-19(23-15-16)22-9-10-25-11-13-28-14-12-25/h3-8,15H,2,9-14H2,1H3,(H,22,23)(H,24,26). The van der Waals surface area contributed by atoms with E-state index in [4.69, 9.17) is 9.47 Å². The molecule has 0 atom stereocenters. The van der Waals surface area contributed by atoms with Crippen molar-refractivity contribution >= 4 is 23.4 Å². The van der Waals surface area contributed by atoms with Crippen LogP contribution >= 0.6 is 0 Å². The van der Waals surface area contributed by atoms with Gasteiger partial charge in [0, 0.05) is 32.4 Å². The summed E-state index contributed by atoms with van der Waals surface area (Å²) in [6.07, 6.45) is 1.51. The van der Waals surface area contributed by atoms with Crippen LogP contribution in [0.5, 0.6) is 0 Å². The summed E-state index contributed by atoms with van der Waals surface area (Å²) in [6, 6.07) is 10.2. The first-order valence-corrected chi connectivity index (χ1v) is 9.75. The fourth-order valence-electron chi connectivity index (χ4n) is 2.97. The lowest BCUT2D eigenvalue weighted by Gasteiger charge is -2.26. The number of morpholine rings is 1. The van der Waals surface area contributed by atoms with Crippen molar-refractivity contribution in [2.24, 2.45) is 0 Å². The van der Waals surface area contributed by atoms with E-state index in [2.05, 4.69) is 20.5 Å². The lowest BCUT2D eigenvalue weighted by Crippen LogP contribution is -2.39. The molecule has 0 aliphatic carbocycles. The monoisotopic (exact) mass is 398 g/mol. The molecule has 1 amide bonds. The number of esters is 1. The van der Waals surface area contributed by atoms with Gasteiger partial charge in [0.1, 0.15) is 5.82 Å². The van der Waals surface area contributed by atoms with Gasteiger partial charge in [-0.15, -0.1) is 0 Å². The third-order valence-electron chi connectivity index (χ3n) is 4.53.